The van der Waals surface area contributed by atoms with E-state index in [1.54, 1.807) is 37.1 Å². The van der Waals surface area contributed by atoms with E-state index >= 15 is 0 Å². The zero-order chi connectivity index (χ0) is 15.2. The summed E-state index contributed by atoms with van der Waals surface area (Å²) in [6.45, 7) is 5.76. The topological polar surface area (TPSA) is 67.2 Å². The van der Waals surface area contributed by atoms with Crippen LogP contribution < -0.4 is 5.32 Å². The lowest BCUT2D eigenvalue weighted by molar-refractivity contribution is -0.117. The predicted octanol–water partition coefficient (Wildman–Crippen LogP) is 1.66. The molecule has 0 spiro atoms. The van der Waals surface area contributed by atoms with Crippen molar-refractivity contribution in [1.82, 2.24) is 15.1 Å². The summed E-state index contributed by atoms with van der Waals surface area (Å²) in [5.41, 5.74) is 0.637. The van der Waals surface area contributed by atoms with Crippen LogP contribution in [0.1, 0.15) is 32.8 Å². The van der Waals surface area contributed by atoms with E-state index in [0.717, 1.165) is 12.0 Å². The fraction of sp³-hybridized carbons (Fsp3) is 0.467. The van der Waals surface area contributed by atoms with Crippen LogP contribution in [0.2, 0.25) is 0 Å². The summed E-state index contributed by atoms with van der Waals surface area (Å²) in [7, 11) is 1.78. The molecule has 5 nitrogen and oxygen atoms in total. The van der Waals surface area contributed by atoms with Crippen molar-refractivity contribution < 1.29 is 9.90 Å². The molecule has 0 saturated carbocycles. The molecule has 110 valence electrons. The minimum Gasteiger partial charge on any atom is -0.383 e. The van der Waals surface area contributed by atoms with Crippen molar-refractivity contribution >= 4 is 5.91 Å². The van der Waals surface area contributed by atoms with Crippen molar-refractivity contribution in [3.05, 3.63) is 41.8 Å². The molecule has 0 aliphatic rings. The molecule has 1 heterocycles. The van der Waals surface area contributed by atoms with Gasteiger partial charge in [0, 0.05) is 24.9 Å². The smallest absolute Gasteiger partial charge is 0.244 e. The van der Waals surface area contributed by atoms with Gasteiger partial charge in [-0.2, -0.15) is 5.10 Å². The largest absolute Gasteiger partial charge is 0.383 e. The SMILES string of the molecule is CC=C(C=CC(=O)NCC(C)(O)c1cnn(C)c1)CC. The highest BCUT2D eigenvalue weighted by Gasteiger charge is 2.24. The first-order valence-corrected chi connectivity index (χ1v) is 6.71. The molecule has 0 radical (unpaired) electrons. The molecule has 20 heavy (non-hydrogen) atoms. The lowest BCUT2D eigenvalue weighted by Gasteiger charge is -2.21. The molecule has 5 heteroatoms. The van der Waals surface area contributed by atoms with Crippen LogP contribution in [0.15, 0.2) is 36.2 Å². The summed E-state index contributed by atoms with van der Waals surface area (Å²) in [4.78, 5) is 11.7. The summed E-state index contributed by atoms with van der Waals surface area (Å²) in [6, 6.07) is 0. The van der Waals surface area contributed by atoms with Crippen molar-refractivity contribution in [3.63, 3.8) is 0 Å². The van der Waals surface area contributed by atoms with E-state index in [2.05, 4.69) is 10.4 Å². The van der Waals surface area contributed by atoms with Gasteiger partial charge in [-0.05, 0) is 20.3 Å². The van der Waals surface area contributed by atoms with E-state index in [0.29, 0.717) is 5.56 Å². The summed E-state index contributed by atoms with van der Waals surface area (Å²) in [5, 5.41) is 17.0. The van der Waals surface area contributed by atoms with Crippen LogP contribution >= 0.6 is 0 Å². The molecule has 1 rings (SSSR count). The van der Waals surface area contributed by atoms with Crippen LogP contribution in [0, 0.1) is 0 Å². The molecule has 1 amide bonds. The third-order valence-corrected chi connectivity index (χ3v) is 3.16. The Kier molecular flexibility index (Phi) is 5.70. The van der Waals surface area contributed by atoms with E-state index in [-0.39, 0.29) is 12.5 Å². The summed E-state index contributed by atoms with van der Waals surface area (Å²) in [5.74, 6) is -0.220. The van der Waals surface area contributed by atoms with Crippen LogP contribution in [0.5, 0.6) is 0 Å². The lowest BCUT2D eigenvalue weighted by atomic mass is 10.00. The number of hydrogen-bond acceptors (Lipinski definition) is 3. The second-order valence-electron chi connectivity index (χ2n) is 4.94. The highest BCUT2D eigenvalue weighted by Crippen LogP contribution is 2.18. The molecule has 0 aromatic carbocycles. The Morgan fingerprint density at radius 2 is 2.25 bits per heavy atom. The standard InChI is InChI=1S/C15H23N3O2/c1-5-12(6-2)7-8-14(19)16-11-15(3,20)13-9-17-18(4)10-13/h5,7-10,20H,6,11H2,1-4H3,(H,16,19). The highest BCUT2D eigenvalue weighted by molar-refractivity contribution is 5.88. The van der Waals surface area contributed by atoms with E-state index < -0.39 is 5.60 Å². The number of aliphatic hydroxyl groups is 1. The average Bonchev–Trinajstić information content (AvgIpc) is 2.85. The number of rotatable bonds is 6. The fourth-order valence-corrected chi connectivity index (χ4v) is 1.72. The first kappa shape index (κ1) is 16.2. The Morgan fingerprint density at radius 3 is 2.75 bits per heavy atom. The Bertz CT molecular complexity index is 513. The maximum absolute atomic E-state index is 11.7. The van der Waals surface area contributed by atoms with Crippen molar-refractivity contribution in [2.75, 3.05) is 6.54 Å². The van der Waals surface area contributed by atoms with Crippen LogP contribution in [-0.2, 0) is 17.4 Å². The monoisotopic (exact) mass is 277 g/mol. The molecule has 0 aliphatic carbocycles. The second kappa shape index (κ2) is 7.05. The van der Waals surface area contributed by atoms with Crippen molar-refractivity contribution in [3.8, 4) is 0 Å². The molecule has 0 fully saturated rings. The van der Waals surface area contributed by atoms with Gasteiger partial charge >= 0.3 is 0 Å². The number of hydrogen-bond donors (Lipinski definition) is 2. The number of carbonyl (C=O) groups is 1. The lowest BCUT2D eigenvalue weighted by Crippen LogP contribution is -2.37. The van der Waals surface area contributed by atoms with Crippen LogP contribution in [0.4, 0.5) is 0 Å². The fourth-order valence-electron chi connectivity index (χ4n) is 1.72. The molecule has 1 aromatic heterocycles. The molecule has 2 N–H and O–H groups in total. The maximum atomic E-state index is 11.7. The Hall–Kier alpha value is -1.88. The maximum Gasteiger partial charge on any atom is 0.244 e. The molecule has 1 unspecified atom stereocenters. The van der Waals surface area contributed by atoms with Gasteiger partial charge in [0.25, 0.3) is 0 Å². The minimum atomic E-state index is -1.13. The quantitative estimate of drug-likeness (QED) is 0.614. The van der Waals surface area contributed by atoms with Gasteiger partial charge in [0.05, 0.1) is 12.7 Å². The van der Waals surface area contributed by atoms with E-state index in [9.17, 15) is 9.90 Å². The van der Waals surface area contributed by atoms with Gasteiger partial charge < -0.3 is 10.4 Å². The molecule has 1 aromatic rings. The number of aromatic nitrogens is 2. The van der Waals surface area contributed by atoms with Gasteiger partial charge in [0.1, 0.15) is 5.60 Å². The summed E-state index contributed by atoms with van der Waals surface area (Å²) in [6.07, 6.45) is 9.45. The molecule has 1 atom stereocenters. The third-order valence-electron chi connectivity index (χ3n) is 3.16. The Labute approximate surface area is 120 Å². The van der Waals surface area contributed by atoms with Gasteiger partial charge in [-0.3, -0.25) is 9.48 Å². The first-order valence-electron chi connectivity index (χ1n) is 6.71. The number of aryl methyl sites for hydroxylation is 1. The first-order chi connectivity index (χ1) is 9.39. The van der Waals surface area contributed by atoms with Crippen LogP contribution in [-0.4, -0.2) is 27.3 Å². The van der Waals surface area contributed by atoms with E-state index in [1.165, 1.54) is 6.08 Å². The minimum absolute atomic E-state index is 0.138. The van der Waals surface area contributed by atoms with Crippen LogP contribution in [0.25, 0.3) is 0 Å². The zero-order valence-corrected chi connectivity index (χ0v) is 12.6. The molecular weight excluding hydrogens is 254 g/mol. The number of nitrogens with one attached hydrogen (secondary N) is 1. The van der Waals surface area contributed by atoms with Crippen molar-refractivity contribution in [2.24, 2.45) is 7.05 Å². The normalized spacial score (nSPS) is 15.3. The number of nitrogens with zero attached hydrogens (tertiary/aromatic N) is 2. The van der Waals surface area contributed by atoms with Gasteiger partial charge in [0.15, 0.2) is 0 Å². The molecule has 0 bridgehead atoms. The summed E-state index contributed by atoms with van der Waals surface area (Å²) < 4.78 is 1.62. The second-order valence-corrected chi connectivity index (χ2v) is 4.94. The highest BCUT2D eigenvalue weighted by atomic mass is 16.3. The van der Waals surface area contributed by atoms with Crippen molar-refractivity contribution in [2.45, 2.75) is 32.8 Å². The summed E-state index contributed by atoms with van der Waals surface area (Å²) >= 11 is 0. The van der Waals surface area contributed by atoms with Crippen molar-refractivity contribution in [1.29, 1.82) is 0 Å². The average molecular weight is 277 g/mol. The van der Waals surface area contributed by atoms with E-state index in [4.69, 9.17) is 0 Å². The number of allylic oxidation sites excluding steroid dienone is 3. The third kappa shape index (κ3) is 4.66. The number of amides is 1. The molecule has 0 saturated heterocycles. The molecule has 0 aliphatic heterocycles. The predicted molar refractivity (Wildman–Crippen MR) is 79.0 cm³/mol. The number of carbonyl (C=O) groups excluding carboxylic acids is 1. The van der Waals surface area contributed by atoms with Gasteiger partial charge in [-0.1, -0.05) is 24.6 Å². The van der Waals surface area contributed by atoms with Gasteiger partial charge in [-0.25, -0.2) is 0 Å². The zero-order valence-electron chi connectivity index (χ0n) is 12.6. The van der Waals surface area contributed by atoms with Gasteiger partial charge in [0.2, 0.25) is 5.91 Å². The van der Waals surface area contributed by atoms with E-state index in [1.807, 2.05) is 19.9 Å². The van der Waals surface area contributed by atoms with Gasteiger partial charge in [-0.15, -0.1) is 0 Å². The molecular formula is C15H23N3O2. The Balaban J connectivity index is 2.56. The van der Waals surface area contributed by atoms with Crippen LogP contribution in [0.3, 0.4) is 0 Å². The Morgan fingerprint density at radius 1 is 1.55 bits per heavy atom.